The minimum Gasteiger partial charge on any atom is -0.507 e. The lowest BCUT2D eigenvalue weighted by Gasteiger charge is -2.17. The van der Waals surface area contributed by atoms with Gasteiger partial charge in [0.2, 0.25) is 0 Å². The number of allylic oxidation sites excluding steroid dienone is 1. The molecule has 1 aromatic carbocycles. The number of phenolic OH excluding ortho intramolecular Hbond substituents is 1. The lowest BCUT2D eigenvalue weighted by molar-refractivity contribution is 0.116. The Balaban J connectivity index is 2.07. The number of aryl methyl sites for hydroxylation is 2. The Labute approximate surface area is 146 Å². The molecule has 2 nitrogen and oxygen atoms in total. The van der Waals surface area contributed by atoms with E-state index in [-0.39, 0.29) is 6.10 Å². The van der Waals surface area contributed by atoms with E-state index in [4.69, 9.17) is 4.74 Å². The summed E-state index contributed by atoms with van der Waals surface area (Å²) in [5, 5.41) is 9.92. The van der Waals surface area contributed by atoms with E-state index in [9.17, 15) is 5.11 Å². The number of ether oxygens (including phenoxy) is 1. The zero-order chi connectivity index (χ0) is 17.7. The van der Waals surface area contributed by atoms with Gasteiger partial charge in [0.15, 0.2) is 0 Å². The van der Waals surface area contributed by atoms with E-state index in [1.165, 1.54) is 22.3 Å². The third kappa shape index (κ3) is 4.39. The van der Waals surface area contributed by atoms with E-state index < -0.39 is 0 Å². The zero-order valence-corrected chi connectivity index (χ0v) is 15.5. The molecule has 0 spiro atoms. The SMILES string of the molecule is C=C(CC)C1=CCOC1CC/C(=C/c1cc(C)c(O)c(C)c1)CC. The molecular formula is C22H30O2. The molecule has 1 atom stereocenters. The fraction of sp³-hybridized carbons (Fsp3) is 0.455. The molecule has 1 aliphatic rings. The summed E-state index contributed by atoms with van der Waals surface area (Å²) in [7, 11) is 0. The number of hydrogen-bond donors (Lipinski definition) is 1. The van der Waals surface area contributed by atoms with Crippen molar-refractivity contribution in [3.63, 3.8) is 0 Å². The molecule has 2 heteroatoms. The Morgan fingerprint density at radius 3 is 2.50 bits per heavy atom. The number of rotatable bonds is 7. The van der Waals surface area contributed by atoms with E-state index in [0.717, 1.165) is 36.8 Å². The lowest BCUT2D eigenvalue weighted by Crippen LogP contribution is -2.11. The number of aromatic hydroxyl groups is 1. The Morgan fingerprint density at radius 2 is 1.92 bits per heavy atom. The average Bonchev–Trinajstić information content (AvgIpc) is 3.04. The molecule has 0 bridgehead atoms. The summed E-state index contributed by atoms with van der Waals surface area (Å²) < 4.78 is 5.87. The van der Waals surface area contributed by atoms with Gasteiger partial charge in [-0.05, 0) is 79.5 Å². The maximum absolute atomic E-state index is 9.92. The van der Waals surface area contributed by atoms with Crippen LogP contribution in [0.5, 0.6) is 5.75 Å². The molecular weight excluding hydrogens is 296 g/mol. The van der Waals surface area contributed by atoms with Crippen LogP contribution in [0.25, 0.3) is 6.08 Å². The third-order valence-electron chi connectivity index (χ3n) is 4.85. The van der Waals surface area contributed by atoms with Gasteiger partial charge in [0.05, 0.1) is 12.7 Å². The fourth-order valence-corrected chi connectivity index (χ4v) is 3.27. The third-order valence-corrected chi connectivity index (χ3v) is 4.85. The Hall–Kier alpha value is -1.80. The highest BCUT2D eigenvalue weighted by atomic mass is 16.5. The summed E-state index contributed by atoms with van der Waals surface area (Å²) in [6, 6.07) is 4.10. The maximum atomic E-state index is 9.92. The van der Waals surface area contributed by atoms with Gasteiger partial charge in [-0.25, -0.2) is 0 Å². The van der Waals surface area contributed by atoms with Crippen molar-refractivity contribution < 1.29 is 9.84 Å². The van der Waals surface area contributed by atoms with E-state index in [1.54, 1.807) is 0 Å². The van der Waals surface area contributed by atoms with Gasteiger partial charge >= 0.3 is 0 Å². The summed E-state index contributed by atoms with van der Waals surface area (Å²) in [4.78, 5) is 0. The first-order valence-corrected chi connectivity index (χ1v) is 8.95. The molecule has 1 N–H and O–H groups in total. The minimum absolute atomic E-state index is 0.190. The van der Waals surface area contributed by atoms with Crippen molar-refractivity contribution in [1.29, 1.82) is 0 Å². The lowest BCUT2D eigenvalue weighted by atomic mass is 9.94. The molecule has 1 aliphatic heterocycles. The number of benzene rings is 1. The van der Waals surface area contributed by atoms with Gasteiger partial charge in [0.1, 0.15) is 5.75 Å². The molecule has 0 amide bonds. The van der Waals surface area contributed by atoms with Crippen LogP contribution in [-0.2, 0) is 4.74 Å². The molecule has 0 radical (unpaired) electrons. The van der Waals surface area contributed by atoms with Crippen molar-refractivity contribution in [2.24, 2.45) is 0 Å². The molecule has 0 aliphatic carbocycles. The Kier molecular flexibility index (Phi) is 6.44. The van der Waals surface area contributed by atoms with Gasteiger partial charge in [-0.15, -0.1) is 0 Å². The van der Waals surface area contributed by atoms with Crippen LogP contribution in [0.2, 0.25) is 0 Å². The topological polar surface area (TPSA) is 29.5 Å². The summed E-state index contributed by atoms with van der Waals surface area (Å²) in [6.07, 6.45) is 8.66. The predicted octanol–water partition coefficient (Wildman–Crippen LogP) is 5.87. The van der Waals surface area contributed by atoms with Crippen molar-refractivity contribution in [3.05, 3.63) is 58.2 Å². The maximum Gasteiger partial charge on any atom is 0.121 e. The average molecular weight is 326 g/mol. The number of hydrogen-bond acceptors (Lipinski definition) is 2. The van der Waals surface area contributed by atoms with Gasteiger partial charge in [0, 0.05) is 0 Å². The summed E-state index contributed by atoms with van der Waals surface area (Å²) >= 11 is 0. The van der Waals surface area contributed by atoms with Crippen LogP contribution in [0, 0.1) is 13.8 Å². The van der Waals surface area contributed by atoms with E-state index in [1.807, 2.05) is 26.0 Å². The van der Waals surface area contributed by atoms with Crippen LogP contribution in [-0.4, -0.2) is 17.8 Å². The van der Waals surface area contributed by atoms with Crippen LogP contribution in [0.1, 0.15) is 56.2 Å². The Bertz CT molecular complexity index is 642. The second kappa shape index (κ2) is 8.34. The molecule has 130 valence electrons. The molecule has 0 aromatic heterocycles. The van der Waals surface area contributed by atoms with Crippen molar-refractivity contribution in [2.75, 3.05) is 6.61 Å². The molecule has 1 unspecified atom stereocenters. The van der Waals surface area contributed by atoms with Crippen LogP contribution in [0.3, 0.4) is 0 Å². The van der Waals surface area contributed by atoms with Gasteiger partial charge in [-0.3, -0.25) is 0 Å². The first kappa shape index (κ1) is 18.5. The molecule has 0 saturated heterocycles. The highest BCUT2D eigenvalue weighted by molar-refractivity contribution is 5.58. The van der Waals surface area contributed by atoms with Gasteiger partial charge in [-0.1, -0.05) is 38.2 Å². The van der Waals surface area contributed by atoms with Crippen LogP contribution < -0.4 is 0 Å². The molecule has 24 heavy (non-hydrogen) atoms. The van der Waals surface area contributed by atoms with Crippen molar-refractivity contribution in [1.82, 2.24) is 0 Å². The standard InChI is InChI=1S/C22H30O2/c1-6-15(3)20-10-11-24-21(20)9-8-18(7-2)14-19-12-16(4)22(23)17(5)13-19/h10,12-14,21,23H,3,6-9,11H2,1-2,4-5H3/b18-14+. The fourth-order valence-electron chi connectivity index (χ4n) is 3.27. The van der Waals surface area contributed by atoms with Crippen LogP contribution >= 0.6 is 0 Å². The van der Waals surface area contributed by atoms with Gasteiger partial charge < -0.3 is 9.84 Å². The van der Waals surface area contributed by atoms with Gasteiger partial charge in [0.25, 0.3) is 0 Å². The predicted molar refractivity (Wildman–Crippen MR) is 102 cm³/mol. The van der Waals surface area contributed by atoms with Crippen LogP contribution in [0.4, 0.5) is 0 Å². The zero-order valence-electron chi connectivity index (χ0n) is 15.5. The van der Waals surface area contributed by atoms with E-state index in [0.29, 0.717) is 12.4 Å². The molecule has 0 saturated carbocycles. The molecule has 0 fully saturated rings. The van der Waals surface area contributed by atoms with E-state index >= 15 is 0 Å². The highest BCUT2D eigenvalue weighted by Crippen LogP contribution is 2.29. The summed E-state index contributed by atoms with van der Waals surface area (Å²) in [5.41, 5.74) is 6.94. The van der Waals surface area contributed by atoms with Gasteiger partial charge in [-0.2, -0.15) is 0 Å². The normalized spacial score (nSPS) is 17.9. The second-order valence-corrected chi connectivity index (χ2v) is 6.64. The van der Waals surface area contributed by atoms with E-state index in [2.05, 4.69) is 32.6 Å². The van der Waals surface area contributed by atoms with Crippen LogP contribution in [0.15, 0.2) is 41.5 Å². The largest absolute Gasteiger partial charge is 0.507 e. The van der Waals surface area contributed by atoms with Crippen molar-refractivity contribution >= 4 is 6.08 Å². The first-order chi connectivity index (χ1) is 11.5. The first-order valence-electron chi connectivity index (χ1n) is 8.95. The summed E-state index contributed by atoms with van der Waals surface area (Å²) in [6.45, 7) is 13.1. The minimum atomic E-state index is 0.190. The molecule has 1 aromatic rings. The van der Waals surface area contributed by atoms with Crippen molar-refractivity contribution in [2.45, 2.75) is 59.5 Å². The smallest absolute Gasteiger partial charge is 0.121 e. The number of phenols is 1. The molecule has 2 rings (SSSR count). The Morgan fingerprint density at radius 1 is 1.25 bits per heavy atom. The monoisotopic (exact) mass is 326 g/mol. The quantitative estimate of drug-likeness (QED) is 0.678. The molecule has 1 heterocycles. The van der Waals surface area contributed by atoms with Crippen molar-refractivity contribution in [3.8, 4) is 5.75 Å². The second-order valence-electron chi connectivity index (χ2n) is 6.64. The highest BCUT2D eigenvalue weighted by Gasteiger charge is 2.21. The summed E-state index contributed by atoms with van der Waals surface area (Å²) in [5.74, 6) is 0.400.